The Morgan fingerprint density at radius 1 is 1.14 bits per heavy atom. The number of sulfonamides is 1. The van der Waals surface area contributed by atoms with E-state index in [0.29, 0.717) is 18.8 Å². The van der Waals surface area contributed by atoms with E-state index in [1.165, 1.54) is 40.7 Å². The summed E-state index contributed by atoms with van der Waals surface area (Å²) in [5.74, 6) is -0.623. The van der Waals surface area contributed by atoms with E-state index in [-0.39, 0.29) is 35.0 Å². The van der Waals surface area contributed by atoms with Gasteiger partial charge in [0.2, 0.25) is 10.0 Å². The number of nitro groups is 1. The van der Waals surface area contributed by atoms with Crippen molar-refractivity contribution < 1.29 is 27.6 Å². The number of ether oxygens (including phenoxy) is 2. The van der Waals surface area contributed by atoms with Gasteiger partial charge in [-0.15, -0.1) is 0 Å². The Bertz CT molecular complexity index is 997. The van der Waals surface area contributed by atoms with Gasteiger partial charge in [0.15, 0.2) is 0 Å². The van der Waals surface area contributed by atoms with E-state index in [9.17, 15) is 23.3 Å². The summed E-state index contributed by atoms with van der Waals surface area (Å²) in [6.45, 7) is 2.80. The minimum absolute atomic E-state index is 0.00403. The van der Waals surface area contributed by atoms with Gasteiger partial charge in [0, 0.05) is 25.2 Å². The number of hydrogen-bond donors (Lipinski definition) is 0. The number of aryl methyl sites for hydroxylation is 1. The van der Waals surface area contributed by atoms with Crippen molar-refractivity contribution in [2.24, 2.45) is 0 Å². The van der Waals surface area contributed by atoms with Crippen molar-refractivity contribution in [1.82, 2.24) is 4.31 Å². The van der Waals surface area contributed by atoms with E-state index >= 15 is 0 Å². The number of morpholine rings is 1. The topological polar surface area (TPSA) is 116 Å². The summed E-state index contributed by atoms with van der Waals surface area (Å²) in [7, 11) is -3.75. The van der Waals surface area contributed by atoms with Crippen LogP contribution < -0.4 is 4.74 Å². The molecule has 1 saturated heterocycles. The van der Waals surface area contributed by atoms with Gasteiger partial charge in [0.25, 0.3) is 5.69 Å². The molecular formula is C18H18N2O7S. The molecule has 0 N–H and O–H groups in total. The first-order valence-corrected chi connectivity index (χ1v) is 9.88. The normalized spacial score (nSPS) is 15.2. The van der Waals surface area contributed by atoms with Crippen molar-refractivity contribution in [1.29, 1.82) is 0 Å². The number of hydrogen-bond acceptors (Lipinski definition) is 7. The standard InChI is InChI=1S/C18H18N2O7S/c1-13-2-7-16(28(24,25)19-8-10-26-11-9-19)12-17(13)18(21)27-15-5-3-14(4-6-15)20(22)23/h2-7,12H,8-11H2,1H3. The van der Waals surface area contributed by atoms with Crippen LogP contribution in [0.15, 0.2) is 47.4 Å². The van der Waals surface area contributed by atoms with Crippen molar-refractivity contribution in [3.8, 4) is 5.75 Å². The largest absolute Gasteiger partial charge is 0.423 e. The molecule has 1 fully saturated rings. The molecule has 148 valence electrons. The third-order valence-electron chi connectivity index (χ3n) is 4.29. The molecule has 3 rings (SSSR count). The van der Waals surface area contributed by atoms with Crippen molar-refractivity contribution in [3.05, 3.63) is 63.7 Å². The quantitative estimate of drug-likeness (QED) is 0.323. The second-order valence-electron chi connectivity index (χ2n) is 6.13. The average molecular weight is 406 g/mol. The summed E-state index contributed by atoms with van der Waals surface area (Å²) in [4.78, 5) is 22.7. The molecule has 1 aliphatic heterocycles. The van der Waals surface area contributed by atoms with Crippen LogP contribution in [0, 0.1) is 17.0 Å². The first-order chi connectivity index (χ1) is 13.3. The van der Waals surface area contributed by atoms with E-state index in [1.54, 1.807) is 13.0 Å². The van der Waals surface area contributed by atoms with Crippen LogP contribution in [0.3, 0.4) is 0 Å². The van der Waals surface area contributed by atoms with Gasteiger partial charge in [0.1, 0.15) is 5.75 Å². The lowest BCUT2D eigenvalue weighted by Gasteiger charge is -2.26. The number of rotatable bonds is 5. The minimum atomic E-state index is -3.75. The summed E-state index contributed by atoms with van der Waals surface area (Å²) in [5, 5.41) is 10.7. The molecule has 9 nitrogen and oxygen atoms in total. The number of carbonyl (C=O) groups is 1. The molecule has 0 aromatic heterocycles. The monoisotopic (exact) mass is 406 g/mol. The molecule has 0 spiro atoms. The van der Waals surface area contributed by atoms with Gasteiger partial charge >= 0.3 is 5.97 Å². The zero-order chi connectivity index (χ0) is 20.3. The fraction of sp³-hybridized carbons (Fsp3) is 0.278. The molecule has 2 aromatic carbocycles. The van der Waals surface area contributed by atoms with E-state index < -0.39 is 20.9 Å². The highest BCUT2D eigenvalue weighted by atomic mass is 32.2. The fourth-order valence-corrected chi connectivity index (χ4v) is 4.15. The Hall–Kier alpha value is -2.82. The Morgan fingerprint density at radius 3 is 2.39 bits per heavy atom. The van der Waals surface area contributed by atoms with Gasteiger partial charge in [0.05, 0.1) is 28.6 Å². The summed E-state index contributed by atoms with van der Waals surface area (Å²) in [6, 6.07) is 9.32. The summed E-state index contributed by atoms with van der Waals surface area (Å²) in [6.07, 6.45) is 0. The molecule has 0 bridgehead atoms. The molecular weight excluding hydrogens is 388 g/mol. The predicted molar refractivity (Wildman–Crippen MR) is 98.8 cm³/mol. The lowest BCUT2D eigenvalue weighted by atomic mass is 10.1. The van der Waals surface area contributed by atoms with Crippen molar-refractivity contribution >= 4 is 21.7 Å². The van der Waals surface area contributed by atoms with Gasteiger partial charge in [-0.25, -0.2) is 13.2 Å². The van der Waals surface area contributed by atoms with Crippen molar-refractivity contribution in [3.63, 3.8) is 0 Å². The van der Waals surface area contributed by atoms with E-state index in [2.05, 4.69) is 0 Å². The van der Waals surface area contributed by atoms with Gasteiger partial charge in [-0.2, -0.15) is 4.31 Å². The van der Waals surface area contributed by atoms with Gasteiger partial charge in [-0.1, -0.05) is 6.07 Å². The Balaban J connectivity index is 1.84. The SMILES string of the molecule is Cc1ccc(S(=O)(=O)N2CCOCC2)cc1C(=O)Oc1ccc([N+](=O)[O-])cc1. The third-order valence-corrected chi connectivity index (χ3v) is 6.19. The fourth-order valence-electron chi connectivity index (χ4n) is 2.72. The van der Waals surface area contributed by atoms with E-state index in [1.807, 2.05) is 0 Å². The smallest absolute Gasteiger partial charge is 0.343 e. The zero-order valence-corrected chi connectivity index (χ0v) is 15.8. The predicted octanol–water partition coefficient (Wildman–Crippen LogP) is 2.14. The summed E-state index contributed by atoms with van der Waals surface area (Å²) in [5.41, 5.74) is 0.523. The number of nitro benzene ring substituents is 1. The third kappa shape index (κ3) is 4.19. The summed E-state index contributed by atoms with van der Waals surface area (Å²) >= 11 is 0. The molecule has 0 unspecified atom stereocenters. The maximum absolute atomic E-state index is 12.8. The molecule has 0 radical (unpaired) electrons. The van der Waals surface area contributed by atoms with Crippen LogP contribution in [-0.4, -0.2) is 49.9 Å². The Morgan fingerprint density at radius 2 is 1.79 bits per heavy atom. The van der Waals surface area contributed by atoms with Crippen LogP contribution >= 0.6 is 0 Å². The van der Waals surface area contributed by atoms with Gasteiger partial charge in [-0.05, 0) is 36.8 Å². The lowest BCUT2D eigenvalue weighted by molar-refractivity contribution is -0.384. The first-order valence-electron chi connectivity index (χ1n) is 8.44. The van der Waals surface area contributed by atoms with Crippen LogP contribution in [0.25, 0.3) is 0 Å². The molecule has 1 heterocycles. The molecule has 10 heteroatoms. The number of benzene rings is 2. The second-order valence-corrected chi connectivity index (χ2v) is 8.07. The minimum Gasteiger partial charge on any atom is -0.423 e. The van der Waals surface area contributed by atoms with Crippen LogP contribution in [-0.2, 0) is 14.8 Å². The molecule has 2 aromatic rings. The number of non-ortho nitro benzene ring substituents is 1. The van der Waals surface area contributed by atoms with Gasteiger partial charge < -0.3 is 9.47 Å². The molecule has 1 aliphatic rings. The van der Waals surface area contributed by atoms with Gasteiger partial charge in [-0.3, -0.25) is 10.1 Å². The Labute approximate surface area is 161 Å². The molecule has 0 aliphatic carbocycles. The highest BCUT2D eigenvalue weighted by Crippen LogP contribution is 2.23. The average Bonchev–Trinajstić information content (AvgIpc) is 2.69. The summed E-state index contributed by atoms with van der Waals surface area (Å²) < 4.78 is 37.3. The molecule has 28 heavy (non-hydrogen) atoms. The maximum Gasteiger partial charge on any atom is 0.343 e. The number of carbonyl (C=O) groups excluding carboxylic acids is 1. The van der Waals surface area contributed by atoms with Crippen molar-refractivity contribution in [2.75, 3.05) is 26.3 Å². The van der Waals surface area contributed by atoms with Crippen LogP contribution in [0.1, 0.15) is 15.9 Å². The van der Waals surface area contributed by atoms with E-state index in [4.69, 9.17) is 9.47 Å². The first kappa shape index (κ1) is 19.9. The van der Waals surface area contributed by atoms with Crippen LogP contribution in [0.2, 0.25) is 0 Å². The molecule has 0 atom stereocenters. The number of esters is 1. The van der Waals surface area contributed by atoms with Crippen LogP contribution in [0.4, 0.5) is 5.69 Å². The highest BCUT2D eigenvalue weighted by Gasteiger charge is 2.27. The van der Waals surface area contributed by atoms with Crippen LogP contribution in [0.5, 0.6) is 5.75 Å². The maximum atomic E-state index is 12.8. The Kier molecular flexibility index (Phi) is 5.73. The molecule has 0 saturated carbocycles. The zero-order valence-electron chi connectivity index (χ0n) is 15.0. The second kappa shape index (κ2) is 8.05. The van der Waals surface area contributed by atoms with E-state index in [0.717, 1.165) is 0 Å². The number of nitrogens with zero attached hydrogens (tertiary/aromatic N) is 2. The van der Waals surface area contributed by atoms with Crippen molar-refractivity contribution in [2.45, 2.75) is 11.8 Å². The molecule has 0 amide bonds. The highest BCUT2D eigenvalue weighted by molar-refractivity contribution is 7.89. The lowest BCUT2D eigenvalue weighted by Crippen LogP contribution is -2.40.